The van der Waals surface area contributed by atoms with Crippen molar-refractivity contribution in [3.63, 3.8) is 0 Å². The molecule has 1 aliphatic heterocycles. The van der Waals surface area contributed by atoms with Gasteiger partial charge in [0.05, 0.1) is 19.3 Å². The first-order valence-electron chi connectivity index (χ1n) is 7.43. The Morgan fingerprint density at radius 1 is 1.35 bits per heavy atom. The highest BCUT2D eigenvalue weighted by molar-refractivity contribution is 7.40. The summed E-state index contributed by atoms with van der Waals surface area (Å²) in [6.07, 6.45) is 3.24. The molecule has 0 saturated carbocycles. The molecule has 3 atom stereocenters. The second-order valence-electron chi connectivity index (χ2n) is 5.11. The van der Waals surface area contributed by atoms with Gasteiger partial charge in [-0.3, -0.25) is 14.3 Å². The quantitative estimate of drug-likeness (QED) is 0.431. The molecule has 0 spiro atoms. The summed E-state index contributed by atoms with van der Waals surface area (Å²) in [5.74, 6) is 0. The summed E-state index contributed by atoms with van der Waals surface area (Å²) >= 11 is 0. The number of nitrogens with one attached hydrogen (secondary N) is 1. The number of hydrogen-bond acceptors (Lipinski definition) is 7. The predicted octanol–water partition coefficient (Wildman–Crippen LogP) is 0.239. The highest BCUT2D eigenvalue weighted by atomic mass is 31.2. The molecule has 0 aromatic carbocycles. The molecule has 3 unspecified atom stereocenters. The van der Waals surface area contributed by atoms with Gasteiger partial charge in [0.1, 0.15) is 6.23 Å². The second kappa shape index (κ2) is 9.27. The second-order valence-corrected chi connectivity index (χ2v) is 6.10. The Bertz CT molecular complexity index is 590. The summed E-state index contributed by atoms with van der Waals surface area (Å²) in [6, 6.07) is 1.27. The number of aliphatic hydroxyl groups is 1. The minimum absolute atomic E-state index is 0.0923. The first-order chi connectivity index (χ1) is 11.1. The first-order valence-corrected chi connectivity index (χ1v) is 8.56. The number of unbranched alkanes of at least 4 members (excludes halogenated alkanes) is 1. The van der Waals surface area contributed by atoms with Crippen LogP contribution in [-0.2, 0) is 13.8 Å². The van der Waals surface area contributed by atoms with E-state index >= 15 is 0 Å². The van der Waals surface area contributed by atoms with Gasteiger partial charge in [0.15, 0.2) is 0 Å². The fourth-order valence-corrected chi connectivity index (χ4v) is 2.86. The fourth-order valence-electron chi connectivity index (χ4n) is 2.21. The zero-order chi connectivity index (χ0) is 16.7. The average Bonchev–Trinajstić information content (AvgIpc) is 2.98. The van der Waals surface area contributed by atoms with E-state index in [1.165, 1.54) is 16.8 Å². The highest BCUT2D eigenvalue weighted by Gasteiger charge is 2.28. The van der Waals surface area contributed by atoms with Crippen LogP contribution in [0.4, 0.5) is 0 Å². The standard InChI is InChI=1S/C13H21N2O7P/c16-7-1-2-8-20-23(19)21-9-10-3-4-12(22-10)15-6-5-11(17)14-13(15)18/h5-6,10,12,16,19H,1-4,7-9H2,(H,14,17,18). The minimum Gasteiger partial charge on any atom is -0.396 e. The molecule has 1 saturated heterocycles. The van der Waals surface area contributed by atoms with E-state index < -0.39 is 26.1 Å². The summed E-state index contributed by atoms with van der Waals surface area (Å²) < 4.78 is 17.3. The molecule has 3 N–H and O–H groups in total. The molecule has 0 aliphatic carbocycles. The zero-order valence-electron chi connectivity index (χ0n) is 12.6. The Morgan fingerprint density at radius 3 is 2.91 bits per heavy atom. The summed E-state index contributed by atoms with van der Waals surface area (Å²) in [7, 11) is -1.97. The molecule has 1 fully saturated rings. The number of rotatable bonds is 9. The number of aromatic amines is 1. The third-order valence-electron chi connectivity index (χ3n) is 3.37. The van der Waals surface area contributed by atoms with Gasteiger partial charge in [0.2, 0.25) is 0 Å². The monoisotopic (exact) mass is 348 g/mol. The van der Waals surface area contributed by atoms with Crippen LogP contribution < -0.4 is 11.2 Å². The van der Waals surface area contributed by atoms with Crippen molar-refractivity contribution in [1.29, 1.82) is 0 Å². The van der Waals surface area contributed by atoms with Gasteiger partial charge in [-0.25, -0.2) is 4.79 Å². The Kier molecular flexibility index (Phi) is 7.35. The van der Waals surface area contributed by atoms with E-state index in [0.717, 1.165) is 0 Å². The molecular weight excluding hydrogens is 327 g/mol. The van der Waals surface area contributed by atoms with Crippen molar-refractivity contribution >= 4 is 8.60 Å². The normalized spacial score (nSPS) is 22.3. The number of ether oxygens (including phenoxy) is 1. The van der Waals surface area contributed by atoms with Crippen molar-refractivity contribution in [3.8, 4) is 0 Å². The third-order valence-corrected chi connectivity index (χ3v) is 4.14. The van der Waals surface area contributed by atoms with Gasteiger partial charge in [-0.05, 0) is 25.7 Å². The van der Waals surface area contributed by atoms with E-state index in [1.807, 2.05) is 0 Å². The topological polar surface area (TPSA) is 123 Å². The molecule has 0 amide bonds. The maximum Gasteiger partial charge on any atom is 0.330 e. The molecular formula is C13H21N2O7P. The molecule has 0 radical (unpaired) electrons. The number of aliphatic hydroxyl groups excluding tert-OH is 1. The molecule has 23 heavy (non-hydrogen) atoms. The van der Waals surface area contributed by atoms with E-state index in [9.17, 15) is 14.5 Å². The van der Waals surface area contributed by atoms with Crippen molar-refractivity contribution in [2.24, 2.45) is 0 Å². The number of aromatic nitrogens is 2. The predicted molar refractivity (Wildman–Crippen MR) is 81.8 cm³/mol. The van der Waals surface area contributed by atoms with Crippen molar-refractivity contribution in [2.75, 3.05) is 19.8 Å². The van der Waals surface area contributed by atoms with Crippen LogP contribution in [-0.4, -0.2) is 45.5 Å². The Balaban J connectivity index is 1.73. The third kappa shape index (κ3) is 5.80. The summed E-state index contributed by atoms with van der Waals surface area (Å²) in [6.45, 7) is 0.579. The van der Waals surface area contributed by atoms with Crippen LogP contribution in [0.25, 0.3) is 0 Å². The number of H-pyrrole nitrogens is 1. The summed E-state index contributed by atoms with van der Waals surface area (Å²) in [5.41, 5.74) is -0.964. The van der Waals surface area contributed by atoms with Crippen LogP contribution in [0.2, 0.25) is 0 Å². The van der Waals surface area contributed by atoms with E-state index in [0.29, 0.717) is 32.3 Å². The van der Waals surface area contributed by atoms with Crippen molar-refractivity contribution < 1.29 is 23.8 Å². The largest absolute Gasteiger partial charge is 0.396 e. The van der Waals surface area contributed by atoms with Crippen molar-refractivity contribution in [3.05, 3.63) is 33.1 Å². The van der Waals surface area contributed by atoms with Gasteiger partial charge < -0.3 is 23.8 Å². The molecule has 10 heteroatoms. The van der Waals surface area contributed by atoms with Gasteiger partial charge in [-0.15, -0.1) is 0 Å². The van der Waals surface area contributed by atoms with Crippen LogP contribution in [0.5, 0.6) is 0 Å². The lowest BCUT2D eigenvalue weighted by atomic mass is 10.2. The minimum atomic E-state index is -1.97. The van der Waals surface area contributed by atoms with E-state index in [1.54, 1.807) is 0 Å². The Labute approximate surface area is 133 Å². The van der Waals surface area contributed by atoms with E-state index in [2.05, 4.69) is 4.98 Å². The SMILES string of the molecule is O=c1ccn(C2CCC(COP(O)OCCCCO)O2)c(=O)[nH]1. The molecule has 1 aromatic rings. The van der Waals surface area contributed by atoms with Crippen molar-refractivity contribution in [2.45, 2.75) is 38.0 Å². The van der Waals surface area contributed by atoms with Crippen LogP contribution in [0.1, 0.15) is 31.9 Å². The van der Waals surface area contributed by atoms with Gasteiger partial charge in [0, 0.05) is 18.9 Å². The smallest absolute Gasteiger partial charge is 0.330 e. The maximum absolute atomic E-state index is 11.7. The summed E-state index contributed by atoms with van der Waals surface area (Å²) in [5, 5.41) is 8.63. The van der Waals surface area contributed by atoms with E-state index in [4.69, 9.17) is 18.9 Å². The van der Waals surface area contributed by atoms with Gasteiger partial charge in [-0.1, -0.05) is 0 Å². The molecule has 1 aliphatic rings. The Morgan fingerprint density at radius 2 is 2.17 bits per heavy atom. The molecule has 1 aromatic heterocycles. The fraction of sp³-hybridized carbons (Fsp3) is 0.692. The van der Waals surface area contributed by atoms with Gasteiger partial charge in [0.25, 0.3) is 5.56 Å². The Hall–Kier alpha value is -1.09. The molecule has 130 valence electrons. The first kappa shape index (κ1) is 18.3. The average molecular weight is 348 g/mol. The van der Waals surface area contributed by atoms with Gasteiger partial charge >= 0.3 is 14.3 Å². The van der Waals surface area contributed by atoms with Crippen LogP contribution in [0.15, 0.2) is 21.9 Å². The number of hydrogen-bond donors (Lipinski definition) is 3. The van der Waals surface area contributed by atoms with Crippen molar-refractivity contribution in [1.82, 2.24) is 9.55 Å². The van der Waals surface area contributed by atoms with Crippen LogP contribution in [0, 0.1) is 0 Å². The van der Waals surface area contributed by atoms with Crippen LogP contribution in [0.3, 0.4) is 0 Å². The molecule has 0 bridgehead atoms. The van der Waals surface area contributed by atoms with Gasteiger partial charge in [-0.2, -0.15) is 0 Å². The summed E-state index contributed by atoms with van der Waals surface area (Å²) in [4.78, 5) is 34.5. The highest BCUT2D eigenvalue weighted by Crippen LogP contribution is 2.35. The lowest BCUT2D eigenvalue weighted by Gasteiger charge is -2.16. The molecule has 9 nitrogen and oxygen atoms in total. The zero-order valence-corrected chi connectivity index (χ0v) is 13.5. The maximum atomic E-state index is 11.7. The lowest BCUT2D eigenvalue weighted by Crippen LogP contribution is -2.31. The number of nitrogens with zero attached hydrogens (tertiary/aromatic N) is 1. The van der Waals surface area contributed by atoms with Crippen LogP contribution >= 0.6 is 8.60 Å². The molecule has 2 heterocycles. The molecule has 2 rings (SSSR count). The lowest BCUT2D eigenvalue weighted by molar-refractivity contribution is -0.0226. The van der Waals surface area contributed by atoms with E-state index in [-0.39, 0.29) is 19.3 Å².